The molecule has 0 bridgehead atoms. The fourth-order valence-electron chi connectivity index (χ4n) is 2.60. The molecule has 2 aromatic rings. The number of fused-ring (bicyclic) bond motifs is 1. The van der Waals surface area contributed by atoms with E-state index in [1.807, 2.05) is 12.1 Å². The van der Waals surface area contributed by atoms with E-state index in [4.69, 9.17) is 11.1 Å². The Morgan fingerprint density at radius 2 is 2.16 bits per heavy atom. The number of amidine groups is 1. The molecule has 1 aliphatic heterocycles. The number of aromatic nitrogens is 2. The molecule has 0 aliphatic carbocycles. The molecule has 0 saturated carbocycles. The fraction of sp³-hybridized carbons (Fsp3) is 0.214. The summed E-state index contributed by atoms with van der Waals surface area (Å²) in [6, 6.07) is 10.3. The molecular formula is C14H15N5. The third-order valence-electron chi connectivity index (χ3n) is 3.43. The maximum atomic E-state index is 7.67. The maximum Gasteiger partial charge on any atom is 0.166 e. The second-order valence-electron chi connectivity index (χ2n) is 4.73. The Bertz CT molecular complexity index is 637. The zero-order valence-electron chi connectivity index (χ0n) is 10.7. The van der Waals surface area contributed by atoms with Gasteiger partial charge in [0.05, 0.1) is 11.8 Å². The Morgan fingerprint density at radius 1 is 1.37 bits per heavy atom. The molecule has 5 heteroatoms. The van der Waals surface area contributed by atoms with Gasteiger partial charge in [0.1, 0.15) is 5.84 Å². The van der Waals surface area contributed by atoms with Crippen molar-refractivity contribution in [3.63, 3.8) is 0 Å². The average molecular weight is 253 g/mol. The first-order valence-electron chi connectivity index (χ1n) is 6.21. The first-order valence-corrected chi connectivity index (χ1v) is 6.21. The molecule has 3 N–H and O–H groups in total. The van der Waals surface area contributed by atoms with E-state index in [0.717, 1.165) is 12.1 Å². The second-order valence-corrected chi connectivity index (χ2v) is 4.73. The molecule has 2 heterocycles. The summed E-state index contributed by atoms with van der Waals surface area (Å²) in [5, 5.41) is 15.8. The van der Waals surface area contributed by atoms with Crippen LogP contribution in [0.2, 0.25) is 0 Å². The number of nitrogens with one attached hydrogen (secondary N) is 1. The first-order chi connectivity index (χ1) is 9.18. The summed E-state index contributed by atoms with van der Waals surface area (Å²) in [6.07, 6.45) is 2.52. The van der Waals surface area contributed by atoms with Crippen molar-refractivity contribution in [1.82, 2.24) is 10.2 Å². The van der Waals surface area contributed by atoms with Crippen LogP contribution >= 0.6 is 0 Å². The van der Waals surface area contributed by atoms with Gasteiger partial charge in [-0.3, -0.25) is 5.41 Å². The summed E-state index contributed by atoms with van der Waals surface area (Å²) in [5.41, 5.74) is 8.67. The van der Waals surface area contributed by atoms with Gasteiger partial charge in [-0.25, -0.2) is 0 Å². The van der Waals surface area contributed by atoms with Gasteiger partial charge in [0.25, 0.3) is 0 Å². The monoisotopic (exact) mass is 253 g/mol. The van der Waals surface area contributed by atoms with E-state index in [9.17, 15) is 0 Å². The van der Waals surface area contributed by atoms with Crippen LogP contribution in [0.4, 0.5) is 11.5 Å². The molecule has 1 atom stereocenters. The van der Waals surface area contributed by atoms with E-state index in [0.29, 0.717) is 11.4 Å². The Labute approximate surface area is 111 Å². The predicted octanol–water partition coefficient (Wildman–Crippen LogP) is 1.84. The molecule has 1 unspecified atom stereocenters. The minimum Gasteiger partial charge on any atom is -0.384 e. The normalized spacial score (nSPS) is 17.3. The molecule has 1 aliphatic rings. The summed E-state index contributed by atoms with van der Waals surface area (Å²) in [5.74, 6) is 0.675. The van der Waals surface area contributed by atoms with Gasteiger partial charge in [-0.05, 0) is 31.0 Å². The van der Waals surface area contributed by atoms with E-state index in [1.54, 1.807) is 12.3 Å². The molecular weight excluding hydrogens is 238 g/mol. The molecule has 0 amide bonds. The van der Waals surface area contributed by atoms with E-state index in [1.165, 1.54) is 5.56 Å². The molecule has 19 heavy (non-hydrogen) atoms. The van der Waals surface area contributed by atoms with Gasteiger partial charge < -0.3 is 10.6 Å². The highest BCUT2D eigenvalue weighted by atomic mass is 15.3. The van der Waals surface area contributed by atoms with Crippen LogP contribution < -0.4 is 10.6 Å². The summed E-state index contributed by atoms with van der Waals surface area (Å²) in [6.45, 7) is 2.14. The van der Waals surface area contributed by atoms with Gasteiger partial charge in [-0.1, -0.05) is 18.2 Å². The minimum absolute atomic E-state index is 0.0153. The van der Waals surface area contributed by atoms with Crippen molar-refractivity contribution in [2.45, 2.75) is 19.4 Å². The Kier molecular flexibility index (Phi) is 2.67. The largest absolute Gasteiger partial charge is 0.384 e. The molecule has 1 aromatic carbocycles. The lowest BCUT2D eigenvalue weighted by molar-refractivity contribution is 0.742. The highest BCUT2D eigenvalue weighted by molar-refractivity contribution is 6.00. The van der Waals surface area contributed by atoms with Gasteiger partial charge in [0.15, 0.2) is 5.82 Å². The maximum absolute atomic E-state index is 7.67. The van der Waals surface area contributed by atoms with Crippen molar-refractivity contribution in [3.05, 3.63) is 47.7 Å². The highest BCUT2D eigenvalue weighted by Crippen LogP contribution is 2.37. The van der Waals surface area contributed by atoms with Crippen LogP contribution in [0.15, 0.2) is 36.5 Å². The Balaban J connectivity index is 2.15. The summed E-state index contributed by atoms with van der Waals surface area (Å²) in [7, 11) is 0. The van der Waals surface area contributed by atoms with Crippen molar-refractivity contribution in [2.24, 2.45) is 5.73 Å². The lowest BCUT2D eigenvalue weighted by Crippen LogP contribution is -2.28. The lowest BCUT2D eigenvalue weighted by Gasteiger charge is -2.25. The molecule has 0 fully saturated rings. The second kappa shape index (κ2) is 4.35. The topological polar surface area (TPSA) is 78.9 Å². The lowest BCUT2D eigenvalue weighted by atomic mass is 10.1. The van der Waals surface area contributed by atoms with E-state index < -0.39 is 0 Å². The van der Waals surface area contributed by atoms with Crippen LogP contribution in [0.25, 0.3) is 0 Å². The van der Waals surface area contributed by atoms with Crippen LogP contribution in [-0.4, -0.2) is 22.1 Å². The zero-order chi connectivity index (χ0) is 13.4. The molecule has 1 aromatic heterocycles. The highest BCUT2D eigenvalue weighted by Gasteiger charge is 2.29. The number of benzene rings is 1. The van der Waals surface area contributed by atoms with Crippen LogP contribution in [0.1, 0.15) is 18.1 Å². The Hall–Kier alpha value is -2.43. The van der Waals surface area contributed by atoms with Crippen LogP contribution in [0, 0.1) is 5.41 Å². The van der Waals surface area contributed by atoms with E-state index in [2.05, 4.69) is 34.2 Å². The number of hydrogen-bond acceptors (Lipinski definition) is 4. The average Bonchev–Trinajstić information content (AvgIpc) is 2.74. The molecule has 0 spiro atoms. The van der Waals surface area contributed by atoms with Crippen molar-refractivity contribution < 1.29 is 0 Å². The molecule has 0 saturated heterocycles. The number of hydrogen-bond donors (Lipinski definition) is 2. The van der Waals surface area contributed by atoms with Gasteiger partial charge in [0, 0.05) is 11.7 Å². The van der Waals surface area contributed by atoms with Crippen molar-refractivity contribution in [3.8, 4) is 0 Å². The number of rotatable bonds is 2. The third-order valence-corrected chi connectivity index (χ3v) is 3.43. The zero-order valence-corrected chi connectivity index (χ0v) is 10.7. The predicted molar refractivity (Wildman–Crippen MR) is 74.8 cm³/mol. The van der Waals surface area contributed by atoms with Gasteiger partial charge in [-0.2, -0.15) is 5.10 Å². The molecule has 3 rings (SSSR count). The summed E-state index contributed by atoms with van der Waals surface area (Å²) < 4.78 is 0. The summed E-state index contributed by atoms with van der Waals surface area (Å²) >= 11 is 0. The molecule has 5 nitrogen and oxygen atoms in total. The van der Waals surface area contributed by atoms with Crippen LogP contribution in [-0.2, 0) is 6.42 Å². The first kappa shape index (κ1) is 11.6. The van der Waals surface area contributed by atoms with E-state index in [-0.39, 0.29) is 11.9 Å². The molecule has 0 radical (unpaired) electrons. The number of nitrogens with zero attached hydrogens (tertiary/aromatic N) is 3. The van der Waals surface area contributed by atoms with Gasteiger partial charge >= 0.3 is 0 Å². The molecule has 96 valence electrons. The van der Waals surface area contributed by atoms with Crippen molar-refractivity contribution in [1.29, 1.82) is 5.41 Å². The number of anilines is 2. The van der Waals surface area contributed by atoms with Crippen LogP contribution in [0.3, 0.4) is 0 Å². The fourth-order valence-corrected chi connectivity index (χ4v) is 2.60. The summed E-state index contributed by atoms with van der Waals surface area (Å²) in [4.78, 5) is 2.11. The van der Waals surface area contributed by atoms with Gasteiger partial charge in [0.2, 0.25) is 0 Å². The van der Waals surface area contributed by atoms with E-state index >= 15 is 0 Å². The Morgan fingerprint density at radius 3 is 2.95 bits per heavy atom. The quantitative estimate of drug-likeness (QED) is 0.632. The van der Waals surface area contributed by atoms with Gasteiger partial charge in [-0.15, -0.1) is 5.10 Å². The number of nitrogens with two attached hydrogens (primary N) is 1. The standard InChI is InChI=1S/C14H15N5/c1-9-8-10-4-2-3-5-12(10)19(9)14-11(13(15)16)6-7-17-18-14/h2-7,9H,8H2,1H3,(H3,15,16). The number of para-hydroxylation sites is 1. The van der Waals surface area contributed by atoms with Crippen molar-refractivity contribution >= 4 is 17.3 Å². The number of nitrogen functional groups attached to an aromatic ring is 1. The smallest absolute Gasteiger partial charge is 0.166 e. The SMILES string of the molecule is CC1Cc2ccccc2N1c1nnccc1C(=N)N. The minimum atomic E-state index is 0.0153. The third kappa shape index (κ3) is 1.83. The van der Waals surface area contributed by atoms with Crippen LogP contribution in [0.5, 0.6) is 0 Å². The van der Waals surface area contributed by atoms with Crippen molar-refractivity contribution in [2.75, 3.05) is 4.90 Å².